The molecule has 3 N–H and O–H groups in total. The van der Waals surface area contributed by atoms with Crippen LogP contribution in [0.5, 0.6) is 5.75 Å². The van der Waals surface area contributed by atoms with Gasteiger partial charge in [-0.2, -0.15) is 0 Å². The summed E-state index contributed by atoms with van der Waals surface area (Å²) in [5.41, 5.74) is -0.0331. The number of carbonyl (C=O) groups is 4. The minimum Gasteiger partial charge on any atom is -0.488 e. The summed E-state index contributed by atoms with van der Waals surface area (Å²) in [6, 6.07) is 6.73. The molecule has 1 atom stereocenters. The van der Waals surface area contributed by atoms with Crippen molar-refractivity contribution in [3.8, 4) is 5.75 Å². The standard InChI is InChI=1S/C30H47N3O8/c1-29(2,3)40-23-12-10-21(11-13-23)19-24(27(37)33-17-14-22(15-18-33)39-20-26(35)36)32-25(34)9-7-8-16-31-28(38)41-30(4,5)6/h10-13,22,24H,7-9,14-20H2,1-6H3,(H,31,38)(H,32,34)(H,35,36)/t24-/m0/s1. The second-order valence-corrected chi connectivity index (χ2v) is 12.3. The topological polar surface area (TPSA) is 143 Å². The number of alkyl carbamates (subject to hydrolysis) is 1. The molecular weight excluding hydrogens is 530 g/mol. The highest BCUT2D eigenvalue weighted by Crippen LogP contribution is 2.20. The molecule has 0 saturated carbocycles. The van der Waals surface area contributed by atoms with Crippen LogP contribution in [0, 0.1) is 0 Å². The fourth-order valence-electron chi connectivity index (χ4n) is 4.32. The average Bonchev–Trinajstić information content (AvgIpc) is 2.86. The predicted molar refractivity (Wildman–Crippen MR) is 154 cm³/mol. The summed E-state index contributed by atoms with van der Waals surface area (Å²) in [7, 11) is 0. The Morgan fingerprint density at radius 1 is 0.976 bits per heavy atom. The van der Waals surface area contributed by atoms with Gasteiger partial charge in [0.05, 0.1) is 6.10 Å². The fourth-order valence-corrected chi connectivity index (χ4v) is 4.32. The molecular formula is C30H47N3O8. The van der Waals surface area contributed by atoms with Gasteiger partial charge in [-0.3, -0.25) is 9.59 Å². The number of piperidine rings is 1. The Balaban J connectivity index is 1.96. The summed E-state index contributed by atoms with van der Waals surface area (Å²) >= 11 is 0. The van der Waals surface area contributed by atoms with E-state index in [1.165, 1.54) is 0 Å². The number of carbonyl (C=O) groups excluding carboxylic acids is 3. The first-order valence-corrected chi connectivity index (χ1v) is 14.3. The molecule has 1 heterocycles. The summed E-state index contributed by atoms with van der Waals surface area (Å²) < 4.78 is 16.5. The number of hydrogen-bond donors (Lipinski definition) is 3. The molecule has 0 aromatic heterocycles. The van der Waals surface area contributed by atoms with Crippen molar-refractivity contribution in [2.75, 3.05) is 26.2 Å². The maximum absolute atomic E-state index is 13.5. The largest absolute Gasteiger partial charge is 0.488 e. The van der Waals surface area contributed by atoms with E-state index in [9.17, 15) is 19.2 Å². The third-order valence-corrected chi connectivity index (χ3v) is 6.12. The van der Waals surface area contributed by atoms with Crippen molar-refractivity contribution in [1.82, 2.24) is 15.5 Å². The molecule has 0 aliphatic carbocycles. The van der Waals surface area contributed by atoms with Gasteiger partial charge in [-0.1, -0.05) is 12.1 Å². The minimum atomic E-state index is -1.02. The number of aliphatic carboxylic acids is 1. The van der Waals surface area contributed by atoms with E-state index in [0.29, 0.717) is 51.7 Å². The van der Waals surface area contributed by atoms with Gasteiger partial charge in [0.1, 0.15) is 29.6 Å². The highest BCUT2D eigenvalue weighted by Gasteiger charge is 2.30. The number of ether oxygens (including phenoxy) is 3. The van der Waals surface area contributed by atoms with Crippen molar-refractivity contribution in [2.24, 2.45) is 0 Å². The summed E-state index contributed by atoms with van der Waals surface area (Å²) in [6.45, 7) is 12.1. The van der Waals surface area contributed by atoms with Crippen LogP contribution in [0.2, 0.25) is 0 Å². The number of nitrogens with one attached hydrogen (secondary N) is 2. The van der Waals surface area contributed by atoms with Gasteiger partial charge in [0.2, 0.25) is 11.8 Å². The van der Waals surface area contributed by atoms with Crippen molar-refractivity contribution in [1.29, 1.82) is 0 Å². The van der Waals surface area contributed by atoms with Gasteiger partial charge < -0.3 is 34.9 Å². The quantitative estimate of drug-likeness (QED) is 0.301. The molecule has 1 fully saturated rings. The van der Waals surface area contributed by atoms with Crippen LogP contribution in [0.1, 0.15) is 79.2 Å². The van der Waals surface area contributed by atoms with E-state index in [-0.39, 0.29) is 36.5 Å². The summed E-state index contributed by atoms with van der Waals surface area (Å²) in [5.74, 6) is -0.730. The molecule has 0 radical (unpaired) electrons. The smallest absolute Gasteiger partial charge is 0.407 e. The van der Waals surface area contributed by atoms with Crippen LogP contribution < -0.4 is 15.4 Å². The third kappa shape index (κ3) is 14.2. The number of benzene rings is 1. The van der Waals surface area contributed by atoms with Crippen molar-refractivity contribution in [2.45, 2.75) is 103 Å². The van der Waals surface area contributed by atoms with Gasteiger partial charge in [-0.05, 0) is 84.9 Å². The van der Waals surface area contributed by atoms with E-state index in [2.05, 4.69) is 10.6 Å². The van der Waals surface area contributed by atoms with Crippen LogP contribution in [0.25, 0.3) is 0 Å². The second kappa shape index (κ2) is 15.6. The highest BCUT2D eigenvalue weighted by atomic mass is 16.6. The SMILES string of the molecule is CC(C)(C)OC(=O)NCCCCC(=O)N[C@@H](Cc1ccc(OC(C)(C)C)cc1)C(=O)N1CCC(OCC(=O)O)CC1. The lowest BCUT2D eigenvalue weighted by molar-refractivity contribution is -0.147. The van der Waals surface area contributed by atoms with Crippen LogP contribution in [-0.2, 0) is 30.3 Å². The summed E-state index contributed by atoms with van der Waals surface area (Å²) in [6.07, 6.45) is 2.00. The van der Waals surface area contributed by atoms with Gasteiger partial charge in [0, 0.05) is 32.5 Å². The Hall–Kier alpha value is -3.34. The number of nitrogens with zero attached hydrogens (tertiary/aromatic N) is 1. The number of amides is 3. The molecule has 1 aromatic rings. The van der Waals surface area contributed by atoms with E-state index in [1.807, 2.05) is 45.0 Å². The molecule has 3 amide bonds. The van der Waals surface area contributed by atoms with E-state index >= 15 is 0 Å². The molecule has 1 aliphatic heterocycles. The van der Waals surface area contributed by atoms with Crippen molar-refractivity contribution < 1.29 is 38.5 Å². The molecule has 2 rings (SSSR count). The molecule has 1 aliphatic rings. The molecule has 11 heteroatoms. The lowest BCUT2D eigenvalue weighted by Gasteiger charge is -2.34. The number of hydrogen-bond acceptors (Lipinski definition) is 7. The zero-order valence-electron chi connectivity index (χ0n) is 25.3. The molecule has 0 spiro atoms. The lowest BCUT2D eigenvalue weighted by Crippen LogP contribution is -2.52. The number of carboxylic acids is 1. The normalized spacial score (nSPS) is 15.1. The molecule has 1 saturated heterocycles. The van der Waals surface area contributed by atoms with Gasteiger partial charge >= 0.3 is 12.1 Å². The van der Waals surface area contributed by atoms with Crippen LogP contribution in [0.3, 0.4) is 0 Å². The average molecular weight is 578 g/mol. The van der Waals surface area contributed by atoms with E-state index in [0.717, 1.165) is 11.3 Å². The number of unbranched alkanes of at least 4 members (excludes halogenated alkanes) is 1. The monoisotopic (exact) mass is 577 g/mol. The number of carboxylic acid groups (broad SMARTS) is 1. The van der Waals surface area contributed by atoms with E-state index < -0.39 is 23.7 Å². The van der Waals surface area contributed by atoms with Crippen molar-refractivity contribution >= 4 is 23.9 Å². The molecule has 0 unspecified atom stereocenters. The fraction of sp³-hybridized carbons (Fsp3) is 0.667. The predicted octanol–water partition coefficient (Wildman–Crippen LogP) is 3.68. The van der Waals surface area contributed by atoms with Crippen LogP contribution in [-0.4, -0.2) is 83.5 Å². The van der Waals surface area contributed by atoms with Gasteiger partial charge in [0.25, 0.3) is 0 Å². The minimum absolute atomic E-state index is 0.184. The van der Waals surface area contributed by atoms with Gasteiger partial charge in [-0.15, -0.1) is 0 Å². The highest BCUT2D eigenvalue weighted by molar-refractivity contribution is 5.88. The first-order valence-electron chi connectivity index (χ1n) is 14.3. The maximum Gasteiger partial charge on any atom is 0.407 e. The first kappa shape index (κ1) is 33.9. The van der Waals surface area contributed by atoms with Crippen LogP contribution >= 0.6 is 0 Å². The van der Waals surface area contributed by atoms with E-state index in [1.54, 1.807) is 25.7 Å². The second-order valence-electron chi connectivity index (χ2n) is 12.3. The number of likely N-dealkylation sites (tertiary alicyclic amines) is 1. The Labute approximate surface area is 243 Å². The zero-order chi connectivity index (χ0) is 30.6. The lowest BCUT2D eigenvalue weighted by atomic mass is 10.0. The molecule has 0 bridgehead atoms. The third-order valence-electron chi connectivity index (χ3n) is 6.12. The van der Waals surface area contributed by atoms with Gasteiger partial charge in [-0.25, -0.2) is 9.59 Å². The molecule has 1 aromatic carbocycles. The zero-order valence-corrected chi connectivity index (χ0v) is 25.3. The Morgan fingerprint density at radius 3 is 2.17 bits per heavy atom. The Kier molecular flexibility index (Phi) is 12.9. The first-order chi connectivity index (χ1) is 19.1. The van der Waals surface area contributed by atoms with Crippen molar-refractivity contribution in [3.05, 3.63) is 29.8 Å². The summed E-state index contributed by atoms with van der Waals surface area (Å²) in [5, 5.41) is 14.4. The Bertz CT molecular complexity index is 1010. The molecule has 11 nitrogen and oxygen atoms in total. The molecule has 41 heavy (non-hydrogen) atoms. The van der Waals surface area contributed by atoms with Crippen LogP contribution in [0.4, 0.5) is 4.79 Å². The molecule has 230 valence electrons. The maximum atomic E-state index is 13.5. The van der Waals surface area contributed by atoms with E-state index in [4.69, 9.17) is 19.3 Å². The summed E-state index contributed by atoms with van der Waals surface area (Å²) in [4.78, 5) is 50.6. The van der Waals surface area contributed by atoms with Gasteiger partial charge in [0.15, 0.2) is 0 Å². The Morgan fingerprint density at radius 2 is 1.61 bits per heavy atom. The number of rotatable bonds is 13. The van der Waals surface area contributed by atoms with Crippen LogP contribution in [0.15, 0.2) is 24.3 Å². The van der Waals surface area contributed by atoms with Crippen molar-refractivity contribution in [3.63, 3.8) is 0 Å².